The fourth-order valence-corrected chi connectivity index (χ4v) is 10.2. The molecule has 1 aromatic heterocycles. The Hall–Kier alpha value is -7.24. The monoisotopic (exact) mass is 743 g/mol. The summed E-state index contributed by atoms with van der Waals surface area (Å²) in [4.78, 5) is 4.72. The van der Waals surface area contributed by atoms with Gasteiger partial charge < -0.3 is 19.1 Å². The Morgan fingerprint density at radius 3 is 1.66 bits per heavy atom. The first-order valence-corrected chi connectivity index (χ1v) is 20.1. The molecule has 2 aliphatic heterocycles. The lowest BCUT2D eigenvalue weighted by molar-refractivity contribution is 0.487. The third-order valence-electron chi connectivity index (χ3n) is 12.5. The summed E-state index contributed by atoms with van der Waals surface area (Å²) in [6.07, 6.45) is 0. The third kappa shape index (κ3) is 4.64. The third-order valence-corrected chi connectivity index (χ3v) is 12.5. The van der Waals surface area contributed by atoms with E-state index in [1.54, 1.807) is 0 Å². The van der Waals surface area contributed by atoms with Gasteiger partial charge in [-0.05, 0) is 100 Å². The average Bonchev–Trinajstić information content (AvgIpc) is 3.74. The van der Waals surface area contributed by atoms with E-state index in [9.17, 15) is 0 Å². The molecule has 274 valence electrons. The van der Waals surface area contributed by atoms with Crippen LogP contribution in [0, 0.1) is 0 Å². The predicted octanol–water partition coefficient (Wildman–Crippen LogP) is 11.8. The van der Waals surface area contributed by atoms with Crippen molar-refractivity contribution in [3.05, 3.63) is 205 Å². The van der Waals surface area contributed by atoms with Crippen LogP contribution in [0.4, 0.5) is 34.1 Å². The molecular formula is C53H38BN3O. The van der Waals surface area contributed by atoms with Gasteiger partial charge in [-0.25, -0.2) is 0 Å². The lowest BCUT2D eigenvalue weighted by Gasteiger charge is -2.35. The maximum absolute atomic E-state index is 6.98. The minimum atomic E-state index is -0.281. The number of benzene rings is 8. The quantitative estimate of drug-likeness (QED) is 0.158. The summed E-state index contributed by atoms with van der Waals surface area (Å²) in [6, 6.07) is 70.0. The standard InChI is InChI=1S/C53H38BN3O/c1-53(2)43-32-39(55(35-18-7-3-8-19-35)36-20-9-4-10-21-36)30-31-41(43)52-49(53)42-26-17-28-45-51(42)57(52)46-33-40(34-48-50(46)54(45)44-27-15-16-29-47(44)58-48)56(37-22-11-5-12-23-37)38-24-13-6-14-25-38/h3-34H,1-2H3. The predicted molar refractivity (Wildman–Crippen MR) is 241 cm³/mol. The van der Waals surface area contributed by atoms with Gasteiger partial charge in [-0.2, -0.15) is 0 Å². The molecule has 12 rings (SSSR count). The van der Waals surface area contributed by atoms with Gasteiger partial charge in [0.1, 0.15) is 11.5 Å². The Bertz CT molecular complexity index is 2990. The molecule has 0 spiro atoms. The van der Waals surface area contributed by atoms with Crippen LogP contribution in [0.5, 0.6) is 11.5 Å². The number of para-hydroxylation sites is 6. The van der Waals surface area contributed by atoms with Gasteiger partial charge in [-0.3, -0.25) is 0 Å². The van der Waals surface area contributed by atoms with Crippen molar-refractivity contribution in [2.75, 3.05) is 9.80 Å². The number of anilines is 6. The number of fused-ring (bicyclic) bond motifs is 9. The highest BCUT2D eigenvalue weighted by Crippen LogP contribution is 2.56. The summed E-state index contributed by atoms with van der Waals surface area (Å²) in [5.74, 6) is 1.81. The molecule has 0 fully saturated rings. The normalized spacial score (nSPS) is 13.6. The lowest BCUT2D eigenvalue weighted by Crippen LogP contribution is -2.58. The smallest absolute Gasteiger partial charge is 0.256 e. The molecule has 0 N–H and O–H groups in total. The van der Waals surface area contributed by atoms with Crippen LogP contribution >= 0.6 is 0 Å². The second-order valence-electron chi connectivity index (χ2n) is 16.1. The molecule has 0 atom stereocenters. The van der Waals surface area contributed by atoms with Crippen molar-refractivity contribution < 1.29 is 4.74 Å². The summed E-state index contributed by atoms with van der Waals surface area (Å²) >= 11 is 0. The molecule has 9 aromatic rings. The van der Waals surface area contributed by atoms with Gasteiger partial charge in [0.15, 0.2) is 0 Å². The first kappa shape index (κ1) is 33.0. The molecule has 58 heavy (non-hydrogen) atoms. The molecule has 3 aliphatic rings. The molecule has 3 heterocycles. The van der Waals surface area contributed by atoms with Crippen LogP contribution in [0.1, 0.15) is 25.0 Å². The zero-order valence-electron chi connectivity index (χ0n) is 32.3. The minimum Gasteiger partial charge on any atom is -0.458 e. The van der Waals surface area contributed by atoms with Crippen molar-refractivity contribution in [3.8, 4) is 28.4 Å². The van der Waals surface area contributed by atoms with E-state index in [-0.39, 0.29) is 12.1 Å². The van der Waals surface area contributed by atoms with Crippen LogP contribution in [0.3, 0.4) is 0 Å². The van der Waals surface area contributed by atoms with E-state index in [1.165, 1.54) is 49.7 Å². The molecule has 0 amide bonds. The molecular weight excluding hydrogens is 705 g/mol. The Balaban J connectivity index is 1.14. The highest BCUT2D eigenvalue weighted by atomic mass is 16.5. The molecule has 4 nitrogen and oxygen atoms in total. The van der Waals surface area contributed by atoms with Crippen molar-refractivity contribution in [3.63, 3.8) is 0 Å². The summed E-state index contributed by atoms with van der Waals surface area (Å²) in [5.41, 5.74) is 17.8. The zero-order valence-corrected chi connectivity index (χ0v) is 32.3. The number of hydrogen-bond donors (Lipinski definition) is 0. The topological polar surface area (TPSA) is 20.6 Å². The van der Waals surface area contributed by atoms with Crippen molar-refractivity contribution in [2.45, 2.75) is 19.3 Å². The molecule has 0 saturated carbocycles. The van der Waals surface area contributed by atoms with Crippen LogP contribution in [0.15, 0.2) is 194 Å². The zero-order chi connectivity index (χ0) is 38.5. The average molecular weight is 744 g/mol. The van der Waals surface area contributed by atoms with Crippen LogP contribution in [0.2, 0.25) is 0 Å². The molecule has 0 bridgehead atoms. The fourth-order valence-electron chi connectivity index (χ4n) is 10.2. The van der Waals surface area contributed by atoms with Crippen molar-refractivity contribution in [1.29, 1.82) is 0 Å². The highest BCUT2D eigenvalue weighted by molar-refractivity contribution is 6.99. The second-order valence-corrected chi connectivity index (χ2v) is 16.1. The van der Waals surface area contributed by atoms with E-state index in [0.29, 0.717) is 0 Å². The lowest BCUT2D eigenvalue weighted by atomic mass is 9.34. The van der Waals surface area contributed by atoms with E-state index < -0.39 is 0 Å². The Labute approximate surface area is 338 Å². The Morgan fingerprint density at radius 1 is 0.483 bits per heavy atom. The van der Waals surface area contributed by atoms with Gasteiger partial charge in [0.05, 0.1) is 11.4 Å². The van der Waals surface area contributed by atoms with Crippen LogP contribution in [0.25, 0.3) is 27.8 Å². The van der Waals surface area contributed by atoms with Gasteiger partial charge >= 0.3 is 0 Å². The first-order chi connectivity index (χ1) is 28.6. The Kier molecular flexibility index (Phi) is 7.04. The van der Waals surface area contributed by atoms with E-state index in [2.05, 4.69) is 222 Å². The number of rotatable bonds is 6. The first-order valence-electron chi connectivity index (χ1n) is 20.1. The second kappa shape index (κ2) is 12.4. The molecule has 0 unspecified atom stereocenters. The summed E-state index contributed by atoms with van der Waals surface area (Å²) < 4.78 is 9.57. The SMILES string of the molecule is CC1(C)c2cc(N(c3ccccc3)c3ccccc3)ccc2-c2c1c1cccc3c1n2-c1cc(N(c2ccccc2)c2ccccc2)cc2c1B3c1ccccc1O2. The fraction of sp³-hybridized carbons (Fsp3) is 0.0566. The van der Waals surface area contributed by atoms with Crippen molar-refractivity contribution >= 4 is 68.1 Å². The maximum Gasteiger partial charge on any atom is 0.256 e. The van der Waals surface area contributed by atoms with Crippen LogP contribution in [-0.4, -0.2) is 11.3 Å². The van der Waals surface area contributed by atoms with Gasteiger partial charge in [0.25, 0.3) is 6.71 Å². The van der Waals surface area contributed by atoms with Gasteiger partial charge in [0, 0.05) is 62.1 Å². The molecule has 1 aliphatic carbocycles. The van der Waals surface area contributed by atoms with E-state index in [4.69, 9.17) is 4.74 Å². The van der Waals surface area contributed by atoms with Gasteiger partial charge in [-0.1, -0.05) is 129 Å². The van der Waals surface area contributed by atoms with Crippen molar-refractivity contribution in [2.24, 2.45) is 0 Å². The molecule has 0 saturated heterocycles. The molecule has 8 aromatic carbocycles. The minimum absolute atomic E-state index is 0.0346. The largest absolute Gasteiger partial charge is 0.458 e. The maximum atomic E-state index is 6.98. The van der Waals surface area contributed by atoms with Crippen LogP contribution < -0.4 is 30.9 Å². The van der Waals surface area contributed by atoms with Gasteiger partial charge in [-0.15, -0.1) is 0 Å². The van der Waals surface area contributed by atoms with E-state index >= 15 is 0 Å². The van der Waals surface area contributed by atoms with Crippen LogP contribution in [-0.2, 0) is 5.41 Å². The summed E-state index contributed by atoms with van der Waals surface area (Å²) in [5, 5.41) is 1.31. The van der Waals surface area contributed by atoms with E-state index in [1.807, 2.05) is 0 Å². The number of hydrogen-bond acceptors (Lipinski definition) is 3. The van der Waals surface area contributed by atoms with Gasteiger partial charge in [0.2, 0.25) is 0 Å². The number of ether oxygens (including phenoxy) is 1. The Morgan fingerprint density at radius 2 is 1.03 bits per heavy atom. The highest BCUT2D eigenvalue weighted by Gasteiger charge is 2.46. The van der Waals surface area contributed by atoms with E-state index in [0.717, 1.165) is 51.3 Å². The molecule has 5 heteroatoms. The summed E-state index contributed by atoms with van der Waals surface area (Å²) in [7, 11) is 0. The molecule has 0 radical (unpaired) electrons. The summed E-state index contributed by atoms with van der Waals surface area (Å²) in [6.45, 7) is 4.86. The number of aromatic nitrogens is 1. The van der Waals surface area contributed by atoms with Crippen molar-refractivity contribution in [1.82, 2.24) is 4.57 Å². The number of nitrogens with zero attached hydrogens (tertiary/aromatic N) is 3.